The molecular weight excluding hydrogens is 312 g/mol. The van der Waals surface area contributed by atoms with Crippen LogP contribution in [0.15, 0.2) is 78.4 Å². The van der Waals surface area contributed by atoms with Crippen molar-refractivity contribution >= 4 is 17.1 Å². The predicted molar refractivity (Wildman–Crippen MR) is 96.4 cm³/mol. The van der Waals surface area contributed by atoms with Crippen LogP contribution in [0.25, 0.3) is 5.57 Å². The standard InChI is InChI=1S/C22H16O3/c23-21-15-20(18-10-5-2-6-11-18)22(24)14-19(21)12-7-13-25-16-17-8-3-1-4-9-17/h1-6,8-11,14-15H,13,16H2. The molecule has 3 heteroatoms. The van der Waals surface area contributed by atoms with Crippen molar-refractivity contribution in [2.24, 2.45) is 0 Å². The van der Waals surface area contributed by atoms with Crippen molar-refractivity contribution < 1.29 is 14.3 Å². The second-order valence-electron chi connectivity index (χ2n) is 5.49. The molecule has 0 fully saturated rings. The molecule has 122 valence electrons. The molecule has 25 heavy (non-hydrogen) atoms. The zero-order valence-electron chi connectivity index (χ0n) is 13.6. The molecule has 0 unspecified atom stereocenters. The molecule has 0 atom stereocenters. The van der Waals surface area contributed by atoms with E-state index in [0.717, 1.165) is 11.1 Å². The molecule has 0 spiro atoms. The van der Waals surface area contributed by atoms with Crippen LogP contribution in [0.5, 0.6) is 0 Å². The van der Waals surface area contributed by atoms with Gasteiger partial charge in [0.15, 0.2) is 11.6 Å². The fourth-order valence-electron chi connectivity index (χ4n) is 2.43. The lowest BCUT2D eigenvalue weighted by Crippen LogP contribution is -2.11. The largest absolute Gasteiger partial charge is 0.364 e. The highest BCUT2D eigenvalue weighted by Crippen LogP contribution is 2.21. The van der Waals surface area contributed by atoms with Gasteiger partial charge in [-0.1, -0.05) is 72.5 Å². The summed E-state index contributed by atoms with van der Waals surface area (Å²) in [6, 6.07) is 18.9. The Kier molecular flexibility index (Phi) is 5.36. The second-order valence-corrected chi connectivity index (χ2v) is 5.49. The maximum absolute atomic E-state index is 12.2. The van der Waals surface area contributed by atoms with E-state index in [1.807, 2.05) is 48.5 Å². The molecule has 0 N–H and O–H groups in total. The van der Waals surface area contributed by atoms with Crippen LogP contribution >= 0.6 is 0 Å². The fourth-order valence-corrected chi connectivity index (χ4v) is 2.43. The van der Waals surface area contributed by atoms with Gasteiger partial charge in [-0.15, -0.1) is 0 Å². The van der Waals surface area contributed by atoms with Gasteiger partial charge in [0.1, 0.15) is 6.61 Å². The van der Waals surface area contributed by atoms with Crippen molar-refractivity contribution in [3.05, 3.63) is 89.5 Å². The molecule has 0 amide bonds. The lowest BCUT2D eigenvalue weighted by Gasteiger charge is -2.09. The maximum Gasteiger partial charge on any atom is 0.195 e. The second kappa shape index (κ2) is 8.05. The quantitative estimate of drug-likeness (QED) is 0.491. The Bertz CT molecular complexity index is 895. The molecule has 3 rings (SSSR count). The lowest BCUT2D eigenvalue weighted by atomic mass is 9.92. The van der Waals surface area contributed by atoms with Crippen LogP contribution in [0.2, 0.25) is 0 Å². The van der Waals surface area contributed by atoms with Crippen LogP contribution in [-0.4, -0.2) is 18.2 Å². The van der Waals surface area contributed by atoms with E-state index in [4.69, 9.17) is 4.74 Å². The first-order chi connectivity index (χ1) is 12.2. The summed E-state index contributed by atoms with van der Waals surface area (Å²) < 4.78 is 5.45. The number of ether oxygens (including phenoxy) is 1. The first-order valence-corrected chi connectivity index (χ1v) is 7.92. The molecule has 0 aliphatic heterocycles. The topological polar surface area (TPSA) is 43.4 Å². The molecule has 1 aliphatic rings. The summed E-state index contributed by atoms with van der Waals surface area (Å²) in [6.07, 6.45) is 2.65. The molecule has 0 radical (unpaired) electrons. The minimum atomic E-state index is -0.256. The molecule has 2 aromatic carbocycles. The average Bonchev–Trinajstić information content (AvgIpc) is 2.65. The van der Waals surface area contributed by atoms with Crippen molar-refractivity contribution in [3.8, 4) is 11.8 Å². The number of carbonyl (C=O) groups excluding carboxylic acids is 2. The van der Waals surface area contributed by atoms with Crippen LogP contribution in [0, 0.1) is 11.8 Å². The Morgan fingerprint density at radius 2 is 1.48 bits per heavy atom. The fraction of sp³-hybridized carbons (Fsp3) is 0.0909. The summed E-state index contributed by atoms with van der Waals surface area (Å²) >= 11 is 0. The van der Waals surface area contributed by atoms with Crippen LogP contribution in [-0.2, 0) is 20.9 Å². The van der Waals surface area contributed by atoms with Crippen LogP contribution in [0.4, 0.5) is 0 Å². The van der Waals surface area contributed by atoms with Gasteiger partial charge in [-0.05, 0) is 17.2 Å². The van der Waals surface area contributed by atoms with E-state index in [1.54, 1.807) is 12.1 Å². The van der Waals surface area contributed by atoms with Gasteiger partial charge in [-0.2, -0.15) is 0 Å². The zero-order valence-corrected chi connectivity index (χ0v) is 13.6. The Morgan fingerprint density at radius 3 is 2.20 bits per heavy atom. The average molecular weight is 328 g/mol. The van der Waals surface area contributed by atoms with Crippen molar-refractivity contribution in [1.82, 2.24) is 0 Å². The SMILES string of the molecule is O=C1C=C(c2ccccc2)C(=O)C=C1C#CCOCc1ccccc1. The Morgan fingerprint density at radius 1 is 0.800 bits per heavy atom. The van der Waals surface area contributed by atoms with E-state index in [1.165, 1.54) is 12.2 Å². The van der Waals surface area contributed by atoms with Crippen molar-refractivity contribution in [3.63, 3.8) is 0 Å². The molecule has 0 aromatic heterocycles. The maximum atomic E-state index is 12.2. The van der Waals surface area contributed by atoms with Crippen LogP contribution in [0.1, 0.15) is 11.1 Å². The molecule has 0 saturated heterocycles. The molecule has 0 heterocycles. The number of rotatable bonds is 4. The molecule has 1 aliphatic carbocycles. The number of hydrogen-bond acceptors (Lipinski definition) is 3. The summed E-state index contributed by atoms with van der Waals surface area (Å²) in [4.78, 5) is 24.4. The molecule has 0 saturated carbocycles. The monoisotopic (exact) mass is 328 g/mol. The minimum absolute atomic E-state index is 0.197. The van der Waals surface area contributed by atoms with Crippen LogP contribution in [0.3, 0.4) is 0 Å². The summed E-state index contributed by atoms with van der Waals surface area (Å²) in [5, 5.41) is 0. The highest BCUT2D eigenvalue weighted by atomic mass is 16.5. The number of hydrogen-bond donors (Lipinski definition) is 0. The van der Waals surface area contributed by atoms with Gasteiger partial charge in [0.25, 0.3) is 0 Å². The number of carbonyl (C=O) groups is 2. The minimum Gasteiger partial charge on any atom is -0.364 e. The van der Waals surface area contributed by atoms with E-state index in [0.29, 0.717) is 12.2 Å². The normalized spacial score (nSPS) is 13.6. The van der Waals surface area contributed by atoms with E-state index >= 15 is 0 Å². The smallest absolute Gasteiger partial charge is 0.195 e. The van der Waals surface area contributed by atoms with Gasteiger partial charge >= 0.3 is 0 Å². The number of ketones is 2. The molecule has 0 bridgehead atoms. The highest BCUT2D eigenvalue weighted by Gasteiger charge is 2.19. The lowest BCUT2D eigenvalue weighted by molar-refractivity contribution is -0.113. The van der Waals surface area contributed by atoms with Gasteiger partial charge in [-0.25, -0.2) is 0 Å². The van der Waals surface area contributed by atoms with E-state index in [-0.39, 0.29) is 23.7 Å². The van der Waals surface area contributed by atoms with Gasteiger partial charge in [0, 0.05) is 11.6 Å². The van der Waals surface area contributed by atoms with Crippen molar-refractivity contribution in [1.29, 1.82) is 0 Å². The van der Waals surface area contributed by atoms with Crippen LogP contribution < -0.4 is 0 Å². The van der Waals surface area contributed by atoms with E-state index in [9.17, 15) is 9.59 Å². The molecule has 3 nitrogen and oxygen atoms in total. The Hall–Kier alpha value is -3.22. The zero-order chi connectivity index (χ0) is 17.5. The van der Waals surface area contributed by atoms with Gasteiger partial charge in [0.05, 0.1) is 12.2 Å². The third kappa shape index (κ3) is 4.41. The molecular formula is C22H16O3. The third-order valence-corrected chi connectivity index (χ3v) is 3.68. The number of benzene rings is 2. The predicted octanol–water partition coefficient (Wildman–Crippen LogP) is 3.37. The van der Waals surface area contributed by atoms with Crippen molar-refractivity contribution in [2.45, 2.75) is 6.61 Å². The van der Waals surface area contributed by atoms with Gasteiger partial charge < -0.3 is 4.74 Å². The van der Waals surface area contributed by atoms with Gasteiger partial charge in [-0.3, -0.25) is 9.59 Å². The summed E-state index contributed by atoms with van der Waals surface area (Å²) in [5.41, 5.74) is 2.39. The Balaban J connectivity index is 1.60. The highest BCUT2D eigenvalue weighted by molar-refractivity contribution is 6.36. The van der Waals surface area contributed by atoms with Crippen molar-refractivity contribution in [2.75, 3.05) is 6.61 Å². The van der Waals surface area contributed by atoms with E-state index < -0.39 is 0 Å². The van der Waals surface area contributed by atoms with Gasteiger partial charge in [0.2, 0.25) is 0 Å². The molecule has 2 aromatic rings. The summed E-state index contributed by atoms with van der Waals surface area (Å²) in [6.45, 7) is 0.655. The number of allylic oxidation sites excluding steroid dienone is 4. The first-order valence-electron chi connectivity index (χ1n) is 7.92. The summed E-state index contributed by atoms with van der Waals surface area (Å²) in [7, 11) is 0. The first kappa shape index (κ1) is 16.6. The third-order valence-electron chi connectivity index (χ3n) is 3.68. The summed E-state index contributed by atoms with van der Waals surface area (Å²) in [5.74, 6) is 5.06. The van der Waals surface area contributed by atoms with E-state index in [2.05, 4.69) is 11.8 Å². The Labute approximate surface area is 146 Å².